The molecule has 8 heteroatoms. The van der Waals surface area contributed by atoms with E-state index in [9.17, 15) is 9.59 Å². The van der Waals surface area contributed by atoms with Crippen LogP contribution in [-0.4, -0.2) is 30.2 Å². The van der Waals surface area contributed by atoms with Crippen molar-refractivity contribution in [1.29, 1.82) is 0 Å². The maximum Gasteiger partial charge on any atom is 0.329 e. The summed E-state index contributed by atoms with van der Waals surface area (Å²) in [6, 6.07) is 0. The van der Waals surface area contributed by atoms with Crippen LogP contribution in [0.15, 0.2) is 9.59 Å². The highest BCUT2D eigenvalue weighted by Gasteiger charge is 1.98. The molecule has 0 saturated heterocycles. The molecule has 0 amide bonds. The minimum atomic E-state index is -0.787. The van der Waals surface area contributed by atoms with E-state index in [1.54, 1.807) is 0 Å². The SMILES string of the molecule is O=c1[nH]c2nnnn2[nH]c1=O. The minimum absolute atomic E-state index is 0.106. The van der Waals surface area contributed by atoms with E-state index in [2.05, 4.69) is 25.6 Å². The van der Waals surface area contributed by atoms with Gasteiger partial charge in [0.15, 0.2) is 0 Å². The number of hydrogen-bond acceptors (Lipinski definition) is 5. The molecule has 0 unspecified atom stereocenters. The number of nitrogens with zero attached hydrogens (tertiary/aromatic N) is 4. The van der Waals surface area contributed by atoms with Gasteiger partial charge < -0.3 is 0 Å². The Morgan fingerprint density at radius 3 is 2.91 bits per heavy atom. The molecule has 2 N–H and O–H groups in total. The molecular formula is C3H2N6O2. The standard InChI is InChI=1S/C3H2N6O2/c10-1-2(11)6-9-3(4-1)5-7-8-9/h(H,6,11)(H,4,5,8,10). The third-order valence-electron chi connectivity index (χ3n) is 1.11. The van der Waals surface area contributed by atoms with Crippen molar-refractivity contribution in [3.63, 3.8) is 0 Å². The Morgan fingerprint density at radius 1 is 1.27 bits per heavy atom. The van der Waals surface area contributed by atoms with Crippen LogP contribution in [0.1, 0.15) is 0 Å². The highest BCUT2D eigenvalue weighted by Crippen LogP contribution is 1.75. The van der Waals surface area contributed by atoms with Crippen molar-refractivity contribution >= 4 is 5.78 Å². The molecule has 0 radical (unpaired) electrons. The Kier molecular flexibility index (Phi) is 0.916. The Bertz CT molecular complexity index is 446. The van der Waals surface area contributed by atoms with Gasteiger partial charge in [-0.2, -0.15) is 0 Å². The maximum atomic E-state index is 10.6. The number of hydrogen-bond donors (Lipinski definition) is 2. The summed E-state index contributed by atoms with van der Waals surface area (Å²) in [5.41, 5.74) is -1.56. The van der Waals surface area contributed by atoms with Crippen molar-refractivity contribution in [1.82, 2.24) is 30.2 Å². The predicted octanol–water partition coefficient (Wildman–Crippen LogP) is -2.50. The van der Waals surface area contributed by atoms with Gasteiger partial charge in [-0.3, -0.25) is 14.6 Å². The molecule has 8 nitrogen and oxygen atoms in total. The fraction of sp³-hybridized carbons (Fsp3) is 0. The Balaban J connectivity index is 3.09. The van der Waals surface area contributed by atoms with Crippen molar-refractivity contribution < 1.29 is 0 Å². The summed E-state index contributed by atoms with van der Waals surface area (Å²) in [5, 5.41) is 12.1. The van der Waals surface area contributed by atoms with E-state index in [0.29, 0.717) is 0 Å². The first-order chi connectivity index (χ1) is 5.27. The van der Waals surface area contributed by atoms with E-state index in [-0.39, 0.29) is 5.78 Å². The fourth-order valence-corrected chi connectivity index (χ4v) is 0.646. The second-order valence-electron chi connectivity index (χ2n) is 1.81. The van der Waals surface area contributed by atoms with Crippen LogP contribution in [0.2, 0.25) is 0 Å². The zero-order valence-corrected chi connectivity index (χ0v) is 5.11. The molecule has 0 fully saturated rings. The number of H-pyrrole nitrogens is 2. The molecule has 0 atom stereocenters. The first-order valence-electron chi connectivity index (χ1n) is 2.68. The van der Waals surface area contributed by atoms with Crippen LogP contribution in [0.5, 0.6) is 0 Å². The van der Waals surface area contributed by atoms with Crippen molar-refractivity contribution in [2.24, 2.45) is 0 Å². The zero-order chi connectivity index (χ0) is 7.84. The number of aromatic nitrogens is 6. The molecular weight excluding hydrogens is 152 g/mol. The lowest BCUT2D eigenvalue weighted by molar-refractivity contribution is 0.707. The molecule has 11 heavy (non-hydrogen) atoms. The average Bonchev–Trinajstić information content (AvgIpc) is 2.36. The van der Waals surface area contributed by atoms with Crippen molar-refractivity contribution in [3.8, 4) is 0 Å². The third-order valence-corrected chi connectivity index (χ3v) is 1.11. The van der Waals surface area contributed by atoms with E-state index < -0.39 is 11.1 Å². The molecule has 56 valence electrons. The van der Waals surface area contributed by atoms with Gasteiger partial charge in [0.1, 0.15) is 0 Å². The minimum Gasteiger partial charge on any atom is -0.283 e. The first-order valence-corrected chi connectivity index (χ1v) is 2.68. The van der Waals surface area contributed by atoms with Gasteiger partial charge in [-0.25, -0.2) is 5.10 Å². The lowest BCUT2D eigenvalue weighted by atomic mass is 10.8. The molecule has 2 rings (SSSR count). The van der Waals surface area contributed by atoms with Crippen molar-refractivity contribution in [2.75, 3.05) is 0 Å². The van der Waals surface area contributed by atoms with Gasteiger partial charge in [-0.1, -0.05) is 5.10 Å². The number of tetrazole rings is 1. The quantitative estimate of drug-likeness (QED) is 0.407. The first kappa shape index (κ1) is 5.77. The van der Waals surface area contributed by atoms with Gasteiger partial charge >= 0.3 is 11.1 Å². The van der Waals surface area contributed by atoms with E-state index in [1.807, 2.05) is 0 Å². The summed E-state index contributed by atoms with van der Waals surface area (Å²) >= 11 is 0. The normalized spacial score (nSPS) is 10.5. The summed E-state index contributed by atoms with van der Waals surface area (Å²) in [4.78, 5) is 23.4. The number of rotatable bonds is 0. The Morgan fingerprint density at radius 2 is 2.09 bits per heavy atom. The molecule has 0 aliphatic rings. The van der Waals surface area contributed by atoms with Crippen LogP contribution >= 0.6 is 0 Å². The molecule has 0 aromatic carbocycles. The maximum absolute atomic E-state index is 10.6. The average molecular weight is 154 g/mol. The van der Waals surface area contributed by atoms with Gasteiger partial charge in [0.2, 0.25) is 0 Å². The fourth-order valence-electron chi connectivity index (χ4n) is 0.646. The van der Waals surface area contributed by atoms with Crippen LogP contribution < -0.4 is 11.1 Å². The number of fused-ring (bicyclic) bond motifs is 1. The summed E-state index contributed by atoms with van der Waals surface area (Å²) < 4.78 is 0.976. The Hall–Kier alpha value is -1.99. The number of nitrogens with one attached hydrogen (secondary N) is 2. The van der Waals surface area contributed by atoms with Crippen LogP contribution in [-0.2, 0) is 0 Å². The lowest BCUT2D eigenvalue weighted by Crippen LogP contribution is -2.31. The molecule has 0 bridgehead atoms. The second-order valence-corrected chi connectivity index (χ2v) is 1.81. The van der Waals surface area contributed by atoms with E-state index in [0.717, 1.165) is 4.63 Å². The topological polar surface area (TPSA) is 109 Å². The molecule has 0 aliphatic heterocycles. The van der Waals surface area contributed by atoms with E-state index in [1.165, 1.54) is 0 Å². The van der Waals surface area contributed by atoms with Crippen LogP contribution in [0.3, 0.4) is 0 Å². The van der Waals surface area contributed by atoms with Crippen molar-refractivity contribution in [3.05, 3.63) is 20.7 Å². The van der Waals surface area contributed by atoms with Crippen LogP contribution in [0.25, 0.3) is 5.78 Å². The molecule has 2 heterocycles. The molecule has 0 spiro atoms. The van der Waals surface area contributed by atoms with E-state index in [4.69, 9.17) is 0 Å². The summed E-state index contributed by atoms with van der Waals surface area (Å²) in [6.07, 6.45) is 0. The summed E-state index contributed by atoms with van der Waals surface area (Å²) in [6.45, 7) is 0. The largest absolute Gasteiger partial charge is 0.329 e. The van der Waals surface area contributed by atoms with E-state index >= 15 is 0 Å². The van der Waals surface area contributed by atoms with Gasteiger partial charge in [-0.05, 0) is 10.4 Å². The predicted molar refractivity (Wildman–Crippen MR) is 32.0 cm³/mol. The lowest BCUT2D eigenvalue weighted by Gasteiger charge is -1.84. The molecule has 0 aliphatic carbocycles. The molecule has 0 saturated carbocycles. The smallest absolute Gasteiger partial charge is 0.283 e. The highest BCUT2D eigenvalue weighted by molar-refractivity contribution is 5.17. The van der Waals surface area contributed by atoms with Crippen LogP contribution in [0, 0.1) is 0 Å². The zero-order valence-electron chi connectivity index (χ0n) is 5.11. The van der Waals surface area contributed by atoms with Crippen molar-refractivity contribution in [2.45, 2.75) is 0 Å². The van der Waals surface area contributed by atoms with Gasteiger partial charge in [0.05, 0.1) is 0 Å². The Labute approximate surface area is 57.8 Å². The molecule has 2 aromatic heterocycles. The number of aromatic amines is 2. The van der Waals surface area contributed by atoms with Crippen LogP contribution in [0.4, 0.5) is 0 Å². The molecule has 2 aromatic rings. The van der Waals surface area contributed by atoms with Gasteiger partial charge in [0.25, 0.3) is 5.78 Å². The van der Waals surface area contributed by atoms with Gasteiger partial charge in [-0.15, -0.1) is 4.63 Å². The third kappa shape index (κ3) is 0.723. The summed E-state index contributed by atoms with van der Waals surface area (Å²) in [5.74, 6) is 0.106. The monoisotopic (exact) mass is 154 g/mol. The second kappa shape index (κ2) is 1.75. The van der Waals surface area contributed by atoms with Gasteiger partial charge in [0, 0.05) is 0 Å². The summed E-state index contributed by atoms with van der Waals surface area (Å²) in [7, 11) is 0. The highest BCUT2D eigenvalue weighted by atomic mass is 16.2.